The van der Waals surface area contributed by atoms with Crippen molar-refractivity contribution in [1.82, 2.24) is 14.5 Å². The number of anilines is 1. The molecule has 16 heavy (non-hydrogen) atoms. The summed E-state index contributed by atoms with van der Waals surface area (Å²) in [4.78, 5) is 8.89. The fraction of sp³-hybridized carbons (Fsp3) is 0.333. The van der Waals surface area contributed by atoms with Gasteiger partial charge in [0.15, 0.2) is 0 Å². The Morgan fingerprint density at radius 2 is 2.19 bits per heavy atom. The van der Waals surface area contributed by atoms with Gasteiger partial charge >= 0.3 is 0 Å². The van der Waals surface area contributed by atoms with Gasteiger partial charge in [-0.1, -0.05) is 6.07 Å². The van der Waals surface area contributed by atoms with Crippen molar-refractivity contribution in [3.63, 3.8) is 0 Å². The Hall–Kier alpha value is -1.84. The Bertz CT molecular complexity index is 501. The van der Waals surface area contributed by atoms with Crippen LogP contribution >= 0.6 is 0 Å². The van der Waals surface area contributed by atoms with E-state index in [1.807, 2.05) is 18.2 Å². The molecular weight excluding hydrogens is 200 g/mol. The standard InChI is InChI=1S/C12H14N4/c13-12-11(9-5-1-3-7-14-9)15-10-6-2-4-8-16(10)12/h1,3,5,7H,2,4,6,8,13H2. The lowest BCUT2D eigenvalue weighted by molar-refractivity contribution is 0.527. The maximum atomic E-state index is 6.12. The van der Waals surface area contributed by atoms with Crippen molar-refractivity contribution in [3.8, 4) is 11.4 Å². The second-order valence-corrected chi connectivity index (χ2v) is 4.09. The lowest BCUT2D eigenvalue weighted by Gasteiger charge is -2.14. The number of nitrogens with zero attached hydrogens (tertiary/aromatic N) is 3. The molecule has 2 aromatic heterocycles. The third-order valence-corrected chi connectivity index (χ3v) is 3.03. The van der Waals surface area contributed by atoms with E-state index in [9.17, 15) is 0 Å². The van der Waals surface area contributed by atoms with E-state index in [2.05, 4.69) is 14.5 Å². The summed E-state index contributed by atoms with van der Waals surface area (Å²) in [5.41, 5.74) is 7.81. The van der Waals surface area contributed by atoms with E-state index in [0.717, 1.165) is 36.0 Å². The smallest absolute Gasteiger partial charge is 0.133 e. The van der Waals surface area contributed by atoms with Crippen molar-refractivity contribution < 1.29 is 0 Å². The summed E-state index contributed by atoms with van der Waals surface area (Å²) in [6.07, 6.45) is 5.19. The highest BCUT2D eigenvalue weighted by Gasteiger charge is 2.18. The number of hydrogen-bond acceptors (Lipinski definition) is 3. The molecular formula is C12H14N4. The Balaban J connectivity index is 2.12. The van der Waals surface area contributed by atoms with Crippen LogP contribution in [0.3, 0.4) is 0 Å². The molecule has 2 N–H and O–H groups in total. The zero-order valence-electron chi connectivity index (χ0n) is 9.06. The Morgan fingerprint density at radius 1 is 1.25 bits per heavy atom. The number of imidazole rings is 1. The number of pyridine rings is 1. The van der Waals surface area contributed by atoms with E-state index >= 15 is 0 Å². The molecule has 1 aliphatic rings. The maximum Gasteiger partial charge on any atom is 0.133 e. The summed E-state index contributed by atoms with van der Waals surface area (Å²) in [6, 6.07) is 5.81. The second-order valence-electron chi connectivity index (χ2n) is 4.09. The van der Waals surface area contributed by atoms with Gasteiger partial charge < -0.3 is 10.3 Å². The normalized spacial score (nSPS) is 14.8. The van der Waals surface area contributed by atoms with E-state index in [1.165, 1.54) is 12.8 Å². The minimum absolute atomic E-state index is 0.758. The second kappa shape index (κ2) is 3.63. The topological polar surface area (TPSA) is 56.7 Å². The number of nitrogens with two attached hydrogens (primary N) is 1. The number of nitrogen functional groups attached to an aromatic ring is 1. The molecule has 0 aromatic carbocycles. The molecule has 0 aliphatic carbocycles. The van der Waals surface area contributed by atoms with Gasteiger partial charge in [-0.15, -0.1) is 0 Å². The van der Waals surface area contributed by atoms with Crippen LogP contribution in [0.15, 0.2) is 24.4 Å². The third kappa shape index (κ3) is 1.38. The van der Waals surface area contributed by atoms with Crippen LogP contribution in [0.2, 0.25) is 0 Å². The lowest BCUT2D eigenvalue weighted by atomic mass is 10.2. The molecule has 0 radical (unpaired) electrons. The van der Waals surface area contributed by atoms with Crippen molar-refractivity contribution >= 4 is 5.82 Å². The first-order chi connectivity index (χ1) is 7.86. The third-order valence-electron chi connectivity index (χ3n) is 3.03. The van der Waals surface area contributed by atoms with Crippen LogP contribution in [0.4, 0.5) is 5.82 Å². The summed E-state index contributed by atoms with van der Waals surface area (Å²) in [5, 5.41) is 0. The number of aromatic nitrogens is 3. The van der Waals surface area contributed by atoms with Crippen LogP contribution in [0, 0.1) is 0 Å². The van der Waals surface area contributed by atoms with Crippen LogP contribution in [0.5, 0.6) is 0 Å². The molecule has 0 bridgehead atoms. The monoisotopic (exact) mass is 214 g/mol. The Kier molecular flexibility index (Phi) is 2.13. The molecule has 0 atom stereocenters. The quantitative estimate of drug-likeness (QED) is 0.788. The van der Waals surface area contributed by atoms with Gasteiger partial charge in [0.05, 0.1) is 5.69 Å². The molecule has 0 amide bonds. The van der Waals surface area contributed by atoms with Gasteiger partial charge in [0.25, 0.3) is 0 Å². The molecule has 4 nitrogen and oxygen atoms in total. The Labute approximate surface area is 94.1 Å². The van der Waals surface area contributed by atoms with Crippen molar-refractivity contribution in [2.45, 2.75) is 25.8 Å². The van der Waals surface area contributed by atoms with E-state index in [-0.39, 0.29) is 0 Å². The summed E-state index contributed by atoms with van der Waals surface area (Å²) in [7, 11) is 0. The predicted octanol–water partition coefficient (Wildman–Crippen LogP) is 1.86. The van der Waals surface area contributed by atoms with Crippen LogP contribution < -0.4 is 5.73 Å². The minimum atomic E-state index is 0.758. The van der Waals surface area contributed by atoms with Crippen molar-refractivity contribution in [1.29, 1.82) is 0 Å². The largest absolute Gasteiger partial charge is 0.383 e. The van der Waals surface area contributed by atoms with Gasteiger partial charge in [-0.2, -0.15) is 0 Å². The van der Waals surface area contributed by atoms with Crippen LogP contribution in [-0.4, -0.2) is 14.5 Å². The minimum Gasteiger partial charge on any atom is -0.383 e. The molecule has 0 spiro atoms. The first kappa shape index (κ1) is 9.39. The van der Waals surface area contributed by atoms with Crippen LogP contribution in [-0.2, 0) is 13.0 Å². The van der Waals surface area contributed by atoms with Gasteiger partial charge in [0, 0.05) is 19.2 Å². The van der Waals surface area contributed by atoms with E-state index < -0.39 is 0 Å². The highest BCUT2D eigenvalue weighted by atomic mass is 15.1. The maximum absolute atomic E-state index is 6.12. The molecule has 3 heterocycles. The molecule has 3 rings (SSSR count). The number of fused-ring (bicyclic) bond motifs is 1. The zero-order chi connectivity index (χ0) is 11.0. The molecule has 0 unspecified atom stereocenters. The van der Waals surface area contributed by atoms with E-state index in [1.54, 1.807) is 6.20 Å². The van der Waals surface area contributed by atoms with Crippen molar-refractivity contribution in [2.75, 3.05) is 5.73 Å². The van der Waals surface area contributed by atoms with Gasteiger partial charge in [0.1, 0.15) is 17.3 Å². The van der Waals surface area contributed by atoms with Gasteiger partial charge in [-0.3, -0.25) is 4.98 Å². The summed E-state index contributed by atoms with van der Waals surface area (Å²) in [6.45, 7) is 0.987. The number of rotatable bonds is 1. The molecule has 1 aliphatic heterocycles. The average molecular weight is 214 g/mol. The fourth-order valence-electron chi connectivity index (χ4n) is 2.20. The van der Waals surface area contributed by atoms with Crippen molar-refractivity contribution in [2.24, 2.45) is 0 Å². The van der Waals surface area contributed by atoms with Gasteiger partial charge in [-0.25, -0.2) is 4.98 Å². The molecule has 4 heteroatoms. The zero-order valence-corrected chi connectivity index (χ0v) is 9.06. The van der Waals surface area contributed by atoms with Gasteiger partial charge in [-0.05, 0) is 25.0 Å². The first-order valence-corrected chi connectivity index (χ1v) is 5.62. The summed E-state index contributed by atoms with van der Waals surface area (Å²) >= 11 is 0. The molecule has 0 saturated heterocycles. The molecule has 0 saturated carbocycles. The SMILES string of the molecule is Nc1c(-c2ccccn2)nc2n1CCCC2. The fourth-order valence-corrected chi connectivity index (χ4v) is 2.20. The highest BCUT2D eigenvalue weighted by Crippen LogP contribution is 2.27. The summed E-state index contributed by atoms with van der Waals surface area (Å²) in [5.74, 6) is 1.86. The van der Waals surface area contributed by atoms with Crippen LogP contribution in [0.1, 0.15) is 18.7 Å². The van der Waals surface area contributed by atoms with Crippen LogP contribution in [0.25, 0.3) is 11.4 Å². The van der Waals surface area contributed by atoms with Gasteiger partial charge in [0.2, 0.25) is 0 Å². The molecule has 0 fully saturated rings. The average Bonchev–Trinajstić information content (AvgIpc) is 2.69. The van der Waals surface area contributed by atoms with E-state index in [4.69, 9.17) is 5.73 Å². The first-order valence-electron chi connectivity index (χ1n) is 5.62. The van der Waals surface area contributed by atoms with Crippen molar-refractivity contribution in [3.05, 3.63) is 30.2 Å². The number of hydrogen-bond donors (Lipinski definition) is 1. The predicted molar refractivity (Wildman–Crippen MR) is 62.8 cm³/mol. The van der Waals surface area contributed by atoms with E-state index in [0.29, 0.717) is 0 Å². The molecule has 2 aromatic rings. The Morgan fingerprint density at radius 3 is 2.94 bits per heavy atom. The number of aryl methyl sites for hydroxylation is 1. The summed E-state index contributed by atoms with van der Waals surface area (Å²) < 4.78 is 2.12. The lowest BCUT2D eigenvalue weighted by Crippen LogP contribution is -2.12. The highest BCUT2D eigenvalue weighted by molar-refractivity contribution is 5.67. The molecule has 82 valence electrons.